The number of hydrogen-bond acceptors (Lipinski definition) is 7. The first-order chi connectivity index (χ1) is 21.2. The topological polar surface area (TPSA) is 121 Å². The van der Waals surface area contributed by atoms with Crippen LogP contribution in [0, 0.1) is 17.8 Å². The average molecular weight is 607 g/mol. The Bertz CT molecular complexity index is 1410. The highest BCUT2D eigenvalue weighted by Gasteiger charge is 2.80. The molecule has 1 spiro atoms. The maximum absolute atomic E-state index is 14.8. The van der Waals surface area contributed by atoms with Gasteiger partial charge in [-0.3, -0.25) is 14.4 Å². The zero-order valence-electron chi connectivity index (χ0n) is 26.2. The Morgan fingerprint density at radius 3 is 2.57 bits per heavy atom. The number of benzene rings is 1. The molecule has 0 saturated carbocycles. The molecule has 1 aromatic carbocycles. The molecule has 0 aliphatic carbocycles. The summed E-state index contributed by atoms with van der Waals surface area (Å²) in [5, 5.41) is 17.9. The smallest absolute Gasteiger partial charge is 0.250 e. The number of aliphatic hydroxyl groups excluding tert-OH is 1. The van der Waals surface area contributed by atoms with Gasteiger partial charge in [-0.1, -0.05) is 43.3 Å². The van der Waals surface area contributed by atoms with Gasteiger partial charge in [-0.2, -0.15) is 0 Å². The Balaban J connectivity index is 1.55. The number of likely N-dealkylation sites (tertiary alicyclic amines) is 1. The highest BCUT2D eigenvalue weighted by Crippen LogP contribution is 2.65. The molecule has 4 heterocycles. The number of unbranched alkanes of at least 4 members (excludes halogenated alkanes) is 2. The van der Waals surface area contributed by atoms with E-state index in [1.54, 1.807) is 31.5 Å². The van der Waals surface area contributed by atoms with E-state index in [1.807, 2.05) is 38.1 Å². The first-order valence-electron chi connectivity index (χ1n) is 15.9. The van der Waals surface area contributed by atoms with E-state index in [1.165, 1.54) is 0 Å². The summed E-state index contributed by atoms with van der Waals surface area (Å²) in [6.07, 6.45) is 6.58. The van der Waals surface area contributed by atoms with Crippen LogP contribution in [0.1, 0.15) is 52.9 Å². The monoisotopic (exact) mass is 606 g/mol. The zero-order chi connectivity index (χ0) is 31.6. The number of ether oxygens (including phenoxy) is 1. The molecule has 6 atom stereocenters. The lowest BCUT2D eigenvalue weighted by atomic mass is 9.62. The predicted molar refractivity (Wildman–Crippen MR) is 166 cm³/mol. The highest BCUT2D eigenvalue weighted by atomic mass is 16.5. The molecule has 3 aliphatic rings. The van der Waals surface area contributed by atoms with Crippen LogP contribution in [-0.4, -0.2) is 103 Å². The van der Waals surface area contributed by atoms with Crippen molar-refractivity contribution in [3.05, 3.63) is 49.6 Å². The fraction of sp³-hybridized carbons (Fsp3) is 0.606. The van der Waals surface area contributed by atoms with Crippen molar-refractivity contribution in [3.8, 4) is 0 Å². The van der Waals surface area contributed by atoms with Gasteiger partial charge in [0.25, 0.3) is 0 Å². The number of fused-ring (bicyclic) bond motifs is 2. The third-order valence-electron chi connectivity index (χ3n) is 9.91. The molecule has 3 saturated heterocycles. The van der Waals surface area contributed by atoms with Crippen LogP contribution in [0.3, 0.4) is 0 Å². The van der Waals surface area contributed by atoms with Crippen LogP contribution in [0.25, 0.3) is 11.0 Å². The van der Waals surface area contributed by atoms with Gasteiger partial charge in [-0.05, 0) is 57.1 Å². The Kier molecular flexibility index (Phi) is 9.27. The third-order valence-corrected chi connectivity index (χ3v) is 9.91. The molecule has 11 heteroatoms. The van der Waals surface area contributed by atoms with Crippen LogP contribution in [0.2, 0.25) is 0 Å². The van der Waals surface area contributed by atoms with Crippen molar-refractivity contribution in [3.63, 3.8) is 0 Å². The Morgan fingerprint density at radius 1 is 1.14 bits per heavy atom. The minimum absolute atomic E-state index is 0.0514. The second kappa shape index (κ2) is 12.8. The Labute approximate surface area is 259 Å². The molecule has 238 valence electrons. The summed E-state index contributed by atoms with van der Waals surface area (Å²) in [6, 6.07) is 6.64. The third kappa shape index (κ3) is 5.13. The number of carbonyl (C=O) groups is 3. The summed E-state index contributed by atoms with van der Waals surface area (Å²) in [5.41, 5.74) is -0.528. The van der Waals surface area contributed by atoms with Crippen molar-refractivity contribution < 1.29 is 24.2 Å². The van der Waals surface area contributed by atoms with Crippen LogP contribution in [0.4, 0.5) is 0 Å². The lowest BCUT2D eigenvalue weighted by Crippen LogP contribution is -2.57. The summed E-state index contributed by atoms with van der Waals surface area (Å²) in [4.78, 5) is 48.6. The first-order valence-corrected chi connectivity index (χ1v) is 15.9. The van der Waals surface area contributed by atoms with Gasteiger partial charge in [0, 0.05) is 32.8 Å². The van der Waals surface area contributed by atoms with Crippen LogP contribution < -0.4 is 0 Å². The van der Waals surface area contributed by atoms with E-state index in [9.17, 15) is 19.5 Å². The van der Waals surface area contributed by atoms with Crippen LogP contribution in [0.5, 0.6) is 0 Å². The minimum atomic E-state index is -1.14. The van der Waals surface area contributed by atoms with Gasteiger partial charge in [0.15, 0.2) is 0 Å². The van der Waals surface area contributed by atoms with Crippen molar-refractivity contribution >= 4 is 28.8 Å². The molecule has 11 nitrogen and oxygen atoms in total. The van der Waals surface area contributed by atoms with E-state index in [0.717, 1.165) is 17.5 Å². The van der Waals surface area contributed by atoms with Crippen molar-refractivity contribution in [2.75, 3.05) is 32.8 Å². The lowest BCUT2D eigenvalue weighted by Gasteiger charge is -2.39. The summed E-state index contributed by atoms with van der Waals surface area (Å²) in [7, 11) is 0. The van der Waals surface area contributed by atoms with Gasteiger partial charge in [0.2, 0.25) is 17.7 Å². The molecule has 3 unspecified atom stereocenters. The number of hydrogen-bond donors (Lipinski definition) is 1. The molecule has 2 bridgehead atoms. The number of amides is 3. The number of carbonyl (C=O) groups excluding carboxylic acids is 3. The fourth-order valence-electron chi connectivity index (χ4n) is 7.85. The van der Waals surface area contributed by atoms with E-state index < -0.39 is 29.1 Å². The zero-order valence-corrected chi connectivity index (χ0v) is 26.2. The second-order valence-electron chi connectivity index (χ2n) is 12.7. The van der Waals surface area contributed by atoms with Gasteiger partial charge in [0.05, 0.1) is 23.0 Å². The van der Waals surface area contributed by atoms with Gasteiger partial charge >= 0.3 is 0 Å². The molecule has 44 heavy (non-hydrogen) atoms. The molecule has 1 N–H and O–H groups in total. The Morgan fingerprint density at radius 2 is 1.86 bits per heavy atom. The lowest BCUT2D eigenvalue weighted by molar-refractivity contribution is -0.155. The number of rotatable bonds is 15. The van der Waals surface area contributed by atoms with Crippen molar-refractivity contribution in [1.29, 1.82) is 0 Å². The maximum atomic E-state index is 14.8. The minimum Gasteiger partial charge on any atom is -0.396 e. The number of aromatic nitrogens is 3. The molecular weight excluding hydrogens is 560 g/mol. The summed E-state index contributed by atoms with van der Waals surface area (Å²) < 4.78 is 8.61. The largest absolute Gasteiger partial charge is 0.396 e. The van der Waals surface area contributed by atoms with E-state index in [4.69, 9.17) is 4.74 Å². The average Bonchev–Trinajstić information content (AvgIpc) is 3.68. The van der Waals surface area contributed by atoms with Gasteiger partial charge in [-0.15, -0.1) is 18.3 Å². The van der Waals surface area contributed by atoms with Gasteiger partial charge < -0.3 is 24.5 Å². The van der Waals surface area contributed by atoms with Crippen molar-refractivity contribution in [2.45, 2.75) is 76.8 Å². The quantitative estimate of drug-likeness (QED) is 0.244. The van der Waals surface area contributed by atoms with Crippen LogP contribution in [-0.2, 0) is 25.8 Å². The van der Waals surface area contributed by atoms with E-state index in [-0.39, 0.29) is 43.5 Å². The second-order valence-corrected chi connectivity index (χ2v) is 12.7. The molecule has 3 aliphatic heterocycles. The number of nitrogens with zero attached hydrogens (tertiary/aromatic N) is 6. The van der Waals surface area contributed by atoms with E-state index >= 15 is 0 Å². The Hall–Kier alpha value is -3.57. The molecule has 3 fully saturated rings. The molecule has 1 aromatic heterocycles. The number of aliphatic hydroxyl groups is 1. The van der Waals surface area contributed by atoms with E-state index in [2.05, 4.69) is 30.4 Å². The normalized spacial score (nSPS) is 28.8. The van der Waals surface area contributed by atoms with Crippen LogP contribution in [0.15, 0.2) is 49.6 Å². The summed E-state index contributed by atoms with van der Waals surface area (Å²) in [5.74, 6) is -2.12. The molecule has 2 aromatic rings. The molecule has 3 amide bonds. The summed E-state index contributed by atoms with van der Waals surface area (Å²) >= 11 is 0. The SMILES string of the molecule is C=CCN(Cn1nnc2ccccc21)C(=O)C1N(CCCCCO)C(=O)[C@@H]2[C@@H](C(=O)N(CC=C)CCC)[C@]3(C)OC12CC3C. The highest BCUT2D eigenvalue weighted by molar-refractivity contribution is 5.99. The number of para-hydroxylation sites is 1. The maximum Gasteiger partial charge on any atom is 0.250 e. The standard InChI is InChI=1S/C33H46N6O5/c1-6-16-36(17-7-2)29(41)26-27-30(42)38(19-12-9-13-20-40)28(33(27)21-23(4)32(26,5)44-33)31(43)37(18-8-3)22-39-25-15-11-10-14-24(25)34-35-39/h6,8,10-11,14-15,23,26-28,40H,1,3,7,9,12-13,16-22H2,2,4-5H3/t23?,26-,27-,28?,32+,33?/m0/s1. The van der Waals surface area contributed by atoms with Gasteiger partial charge in [-0.25, -0.2) is 4.68 Å². The molecule has 5 rings (SSSR count). The first kappa shape index (κ1) is 31.8. The van der Waals surface area contributed by atoms with E-state index in [0.29, 0.717) is 45.3 Å². The molecule has 0 radical (unpaired) electrons. The fourth-order valence-corrected chi connectivity index (χ4v) is 7.85. The summed E-state index contributed by atoms with van der Waals surface area (Å²) in [6.45, 7) is 15.4. The van der Waals surface area contributed by atoms with Gasteiger partial charge in [0.1, 0.15) is 23.8 Å². The predicted octanol–water partition coefficient (Wildman–Crippen LogP) is 3.00. The van der Waals surface area contributed by atoms with Crippen molar-refractivity contribution in [2.24, 2.45) is 17.8 Å². The molecular formula is C33H46N6O5. The van der Waals surface area contributed by atoms with Crippen LogP contribution >= 0.6 is 0 Å². The van der Waals surface area contributed by atoms with Crippen molar-refractivity contribution in [1.82, 2.24) is 29.7 Å².